The first-order valence-electron chi connectivity index (χ1n) is 7.34. The number of hydrogen-bond donors (Lipinski definition) is 1. The van der Waals surface area contributed by atoms with Crippen LogP contribution in [0.2, 0.25) is 0 Å². The Hall–Kier alpha value is -2.28. The second-order valence-electron chi connectivity index (χ2n) is 5.63. The third kappa shape index (κ3) is 3.03. The molecular formula is C17H15F2N3OS. The van der Waals surface area contributed by atoms with Gasteiger partial charge in [-0.3, -0.25) is 9.78 Å². The molecule has 1 aliphatic rings. The number of amidine groups is 1. The summed E-state index contributed by atoms with van der Waals surface area (Å²) in [7, 11) is 0. The Morgan fingerprint density at radius 1 is 1.21 bits per heavy atom. The van der Waals surface area contributed by atoms with Crippen molar-refractivity contribution in [3.63, 3.8) is 0 Å². The molecule has 124 valence electrons. The smallest absolute Gasteiger partial charge is 0.268 e. The fourth-order valence-electron chi connectivity index (χ4n) is 2.49. The highest BCUT2D eigenvalue weighted by Gasteiger charge is 2.43. The molecule has 0 spiro atoms. The minimum absolute atomic E-state index is 0.284. The summed E-state index contributed by atoms with van der Waals surface area (Å²) in [5.41, 5.74) is 1.11. The molecule has 24 heavy (non-hydrogen) atoms. The predicted molar refractivity (Wildman–Crippen MR) is 89.5 cm³/mol. The van der Waals surface area contributed by atoms with Crippen LogP contribution in [-0.2, 0) is 9.54 Å². The third-order valence-corrected chi connectivity index (χ3v) is 5.13. The Balaban J connectivity index is 1.77. The molecule has 2 heterocycles. The van der Waals surface area contributed by atoms with E-state index in [4.69, 9.17) is 0 Å². The highest BCUT2D eigenvalue weighted by Crippen LogP contribution is 2.42. The number of nitrogens with zero attached hydrogens (tertiary/aromatic N) is 2. The second kappa shape index (κ2) is 6.32. The average molecular weight is 347 g/mol. The van der Waals surface area contributed by atoms with E-state index in [1.807, 2.05) is 0 Å². The lowest BCUT2D eigenvalue weighted by molar-refractivity contribution is -0.119. The van der Waals surface area contributed by atoms with Crippen molar-refractivity contribution in [2.75, 3.05) is 0 Å². The van der Waals surface area contributed by atoms with Crippen LogP contribution >= 0.6 is 11.8 Å². The lowest BCUT2D eigenvalue weighted by atomic mass is 10.0. The molecule has 0 aliphatic carbocycles. The molecule has 2 aromatic rings. The van der Waals surface area contributed by atoms with Crippen molar-refractivity contribution in [2.24, 2.45) is 4.99 Å². The molecule has 0 bridgehead atoms. The topological polar surface area (TPSA) is 54.4 Å². The summed E-state index contributed by atoms with van der Waals surface area (Å²) in [4.78, 5) is 20.3. The molecule has 1 aromatic carbocycles. The van der Waals surface area contributed by atoms with Crippen molar-refractivity contribution >= 4 is 22.8 Å². The molecule has 0 saturated carbocycles. The van der Waals surface area contributed by atoms with Gasteiger partial charge < -0.3 is 5.32 Å². The van der Waals surface area contributed by atoms with Crippen LogP contribution in [0.4, 0.5) is 8.78 Å². The van der Waals surface area contributed by atoms with E-state index in [0.717, 1.165) is 11.6 Å². The Bertz CT molecular complexity index is 813. The largest absolute Gasteiger partial charge is 0.358 e. The number of aliphatic imine (C=N–C) groups is 1. The van der Waals surface area contributed by atoms with Gasteiger partial charge in [0.05, 0.1) is 6.04 Å². The summed E-state index contributed by atoms with van der Waals surface area (Å²) >= 11 is 1.27. The van der Waals surface area contributed by atoms with Gasteiger partial charge in [-0.05, 0) is 37.6 Å². The minimum Gasteiger partial charge on any atom is -0.358 e. The molecule has 1 amide bonds. The van der Waals surface area contributed by atoms with Crippen molar-refractivity contribution in [1.82, 2.24) is 10.3 Å². The monoisotopic (exact) mass is 347 g/mol. The van der Waals surface area contributed by atoms with Gasteiger partial charge in [-0.2, -0.15) is 4.99 Å². The maximum absolute atomic E-state index is 13.9. The maximum Gasteiger partial charge on any atom is 0.268 e. The van der Waals surface area contributed by atoms with Gasteiger partial charge in [0, 0.05) is 24.0 Å². The highest BCUT2D eigenvalue weighted by molar-refractivity contribution is 8.15. The lowest BCUT2D eigenvalue weighted by Gasteiger charge is -2.21. The van der Waals surface area contributed by atoms with E-state index in [2.05, 4.69) is 15.3 Å². The second-order valence-corrected chi connectivity index (χ2v) is 7.03. The zero-order chi connectivity index (χ0) is 17.3. The van der Waals surface area contributed by atoms with E-state index in [-0.39, 0.29) is 5.91 Å². The van der Waals surface area contributed by atoms with Crippen LogP contribution in [0.1, 0.15) is 31.0 Å². The quantitative estimate of drug-likeness (QED) is 0.922. The van der Waals surface area contributed by atoms with Crippen LogP contribution in [0.15, 0.2) is 47.7 Å². The molecule has 2 atom stereocenters. The predicted octanol–water partition coefficient (Wildman–Crippen LogP) is 3.56. The third-order valence-electron chi connectivity index (χ3n) is 3.91. The fourth-order valence-corrected chi connectivity index (χ4v) is 3.63. The molecule has 1 aromatic heterocycles. The number of thioether (sulfide) groups is 1. The van der Waals surface area contributed by atoms with E-state index in [1.165, 1.54) is 23.9 Å². The van der Waals surface area contributed by atoms with E-state index >= 15 is 0 Å². The Morgan fingerprint density at radius 2 is 1.92 bits per heavy atom. The number of nitrogens with one attached hydrogen (secondary N) is 1. The zero-order valence-electron chi connectivity index (χ0n) is 13.1. The maximum atomic E-state index is 13.9. The van der Waals surface area contributed by atoms with E-state index < -0.39 is 22.4 Å². The number of hydrogen-bond acceptors (Lipinski definition) is 4. The normalized spacial score (nSPS) is 21.5. The van der Waals surface area contributed by atoms with E-state index in [0.29, 0.717) is 10.7 Å². The van der Waals surface area contributed by atoms with Crippen molar-refractivity contribution in [3.8, 4) is 0 Å². The number of pyridine rings is 1. The number of carbonyl (C=O) groups is 1. The molecule has 0 unspecified atom stereocenters. The molecule has 0 fully saturated rings. The average Bonchev–Trinajstić information content (AvgIpc) is 2.83. The first-order chi connectivity index (χ1) is 11.4. The van der Waals surface area contributed by atoms with Crippen molar-refractivity contribution in [1.29, 1.82) is 0 Å². The van der Waals surface area contributed by atoms with Gasteiger partial charge >= 0.3 is 0 Å². The standard InChI is InChI=1S/C17H15F2N3OS/c1-10(13-4-3-12(18)9-14(13)19)21-16-22-15(23)17(2,24-16)11-5-7-20-8-6-11/h3-10H,1-2H3,(H,21,22,23)/t10-,17-/m0/s1. The molecule has 1 N–H and O–H groups in total. The van der Waals surface area contributed by atoms with Gasteiger partial charge in [0.1, 0.15) is 16.4 Å². The van der Waals surface area contributed by atoms with Crippen LogP contribution in [-0.4, -0.2) is 16.1 Å². The number of amides is 1. The molecular weight excluding hydrogens is 332 g/mol. The fraction of sp³-hybridized carbons (Fsp3) is 0.235. The number of halogens is 2. The summed E-state index contributed by atoms with van der Waals surface area (Å²) < 4.78 is 26.0. The summed E-state index contributed by atoms with van der Waals surface area (Å²) in [5, 5.41) is 3.44. The summed E-state index contributed by atoms with van der Waals surface area (Å²) in [5.74, 6) is -1.55. The number of carbonyl (C=O) groups excluding carboxylic acids is 1. The van der Waals surface area contributed by atoms with Gasteiger partial charge in [-0.1, -0.05) is 17.8 Å². The molecule has 0 radical (unpaired) electrons. The number of benzene rings is 1. The van der Waals surface area contributed by atoms with Crippen LogP contribution < -0.4 is 5.32 Å². The SMILES string of the molecule is C[C@H](NC1=NC(=O)[C@](C)(c2ccncc2)S1)c1ccc(F)cc1F. The summed E-state index contributed by atoms with van der Waals surface area (Å²) in [6.45, 7) is 3.52. The number of rotatable bonds is 3. The van der Waals surface area contributed by atoms with Gasteiger partial charge in [-0.25, -0.2) is 8.78 Å². The lowest BCUT2D eigenvalue weighted by Crippen LogP contribution is -2.27. The molecule has 4 nitrogen and oxygen atoms in total. The highest BCUT2D eigenvalue weighted by atomic mass is 32.2. The van der Waals surface area contributed by atoms with Crippen LogP contribution in [0, 0.1) is 11.6 Å². The molecule has 1 aliphatic heterocycles. The van der Waals surface area contributed by atoms with Crippen LogP contribution in [0.5, 0.6) is 0 Å². The van der Waals surface area contributed by atoms with Gasteiger partial charge in [0.2, 0.25) is 0 Å². The van der Waals surface area contributed by atoms with Gasteiger partial charge in [-0.15, -0.1) is 0 Å². The minimum atomic E-state index is -0.841. The Kier molecular flexibility index (Phi) is 4.36. The van der Waals surface area contributed by atoms with Gasteiger partial charge in [0.15, 0.2) is 5.17 Å². The van der Waals surface area contributed by atoms with Crippen molar-refractivity contribution in [2.45, 2.75) is 24.6 Å². The van der Waals surface area contributed by atoms with Crippen molar-refractivity contribution in [3.05, 3.63) is 65.5 Å². The van der Waals surface area contributed by atoms with Crippen LogP contribution in [0.3, 0.4) is 0 Å². The number of aromatic nitrogens is 1. The first kappa shape index (κ1) is 16.6. The van der Waals surface area contributed by atoms with E-state index in [1.54, 1.807) is 38.4 Å². The van der Waals surface area contributed by atoms with Crippen molar-refractivity contribution < 1.29 is 13.6 Å². The molecule has 3 rings (SSSR count). The first-order valence-corrected chi connectivity index (χ1v) is 8.16. The van der Waals surface area contributed by atoms with Gasteiger partial charge in [0.25, 0.3) is 5.91 Å². The Labute approximate surface area is 142 Å². The zero-order valence-corrected chi connectivity index (χ0v) is 13.9. The molecule has 0 saturated heterocycles. The van der Waals surface area contributed by atoms with E-state index in [9.17, 15) is 13.6 Å². The summed E-state index contributed by atoms with van der Waals surface area (Å²) in [6, 6.07) is 6.51. The Morgan fingerprint density at radius 3 is 2.58 bits per heavy atom. The van der Waals surface area contributed by atoms with Crippen LogP contribution in [0.25, 0.3) is 0 Å². The molecule has 7 heteroatoms. The summed E-state index contributed by atoms with van der Waals surface area (Å²) in [6.07, 6.45) is 3.24.